The van der Waals surface area contributed by atoms with Gasteiger partial charge in [-0.3, -0.25) is 9.59 Å². The van der Waals surface area contributed by atoms with Gasteiger partial charge >= 0.3 is 0 Å². The van der Waals surface area contributed by atoms with Crippen molar-refractivity contribution in [2.75, 3.05) is 7.11 Å². The minimum Gasteiger partial charge on any atom is -0.497 e. The molecule has 0 radical (unpaired) electrons. The lowest BCUT2D eigenvalue weighted by molar-refractivity contribution is -0.115. The number of benzene rings is 2. The highest BCUT2D eigenvalue weighted by molar-refractivity contribution is 6.43. The van der Waals surface area contributed by atoms with Crippen molar-refractivity contribution < 1.29 is 14.3 Å². The molecule has 0 heterocycles. The van der Waals surface area contributed by atoms with Gasteiger partial charge in [-0.05, 0) is 37.0 Å². The molecule has 3 nitrogen and oxygen atoms in total. The average molecular weight is 296 g/mol. The van der Waals surface area contributed by atoms with Crippen LogP contribution < -0.4 is 4.74 Å². The van der Waals surface area contributed by atoms with E-state index in [-0.39, 0.29) is 11.6 Å². The summed E-state index contributed by atoms with van der Waals surface area (Å²) in [5.41, 5.74) is 1.69. The highest BCUT2D eigenvalue weighted by Gasteiger charge is 2.14. The van der Waals surface area contributed by atoms with E-state index in [1.807, 2.05) is 30.3 Å². The van der Waals surface area contributed by atoms with Crippen LogP contribution in [0.1, 0.15) is 35.2 Å². The quantitative estimate of drug-likeness (QED) is 0.422. The van der Waals surface area contributed by atoms with E-state index in [1.165, 1.54) is 5.56 Å². The van der Waals surface area contributed by atoms with Crippen molar-refractivity contribution in [1.82, 2.24) is 0 Å². The Kier molecular flexibility index (Phi) is 5.90. The van der Waals surface area contributed by atoms with Crippen LogP contribution in [0.3, 0.4) is 0 Å². The van der Waals surface area contributed by atoms with E-state index >= 15 is 0 Å². The van der Waals surface area contributed by atoms with Crippen molar-refractivity contribution in [1.29, 1.82) is 0 Å². The lowest BCUT2D eigenvalue weighted by Gasteiger charge is -2.04. The normalized spacial score (nSPS) is 10.2. The molecule has 0 fully saturated rings. The molecule has 22 heavy (non-hydrogen) atoms. The fourth-order valence-corrected chi connectivity index (χ4v) is 2.27. The maximum atomic E-state index is 11.9. The third kappa shape index (κ3) is 4.55. The van der Waals surface area contributed by atoms with Crippen LogP contribution in [0.15, 0.2) is 54.6 Å². The molecule has 0 aliphatic carbocycles. The van der Waals surface area contributed by atoms with Gasteiger partial charge in [-0.15, -0.1) is 0 Å². The number of ketones is 2. The molecule has 0 saturated carbocycles. The van der Waals surface area contributed by atoms with Gasteiger partial charge in [-0.1, -0.05) is 42.5 Å². The van der Waals surface area contributed by atoms with Crippen molar-refractivity contribution >= 4 is 11.6 Å². The smallest absolute Gasteiger partial charge is 0.228 e. The number of hydrogen-bond acceptors (Lipinski definition) is 3. The third-order valence-electron chi connectivity index (χ3n) is 3.57. The van der Waals surface area contributed by atoms with Crippen molar-refractivity contribution in [3.05, 3.63) is 65.7 Å². The number of unbranched alkanes of at least 4 members (excludes halogenated alkanes) is 1. The van der Waals surface area contributed by atoms with E-state index in [9.17, 15) is 9.59 Å². The van der Waals surface area contributed by atoms with Crippen LogP contribution in [0.2, 0.25) is 0 Å². The Labute approximate surface area is 130 Å². The summed E-state index contributed by atoms with van der Waals surface area (Å²) in [6, 6.07) is 16.6. The summed E-state index contributed by atoms with van der Waals surface area (Å²) >= 11 is 0. The maximum Gasteiger partial charge on any atom is 0.228 e. The van der Waals surface area contributed by atoms with Crippen molar-refractivity contribution in [2.45, 2.75) is 25.7 Å². The van der Waals surface area contributed by atoms with Crippen LogP contribution >= 0.6 is 0 Å². The second kappa shape index (κ2) is 8.13. The second-order valence-electron chi connectivity index (χ2n) is 5.17. The second-order valence-corrected chi connectivity index (χ2v) is 5.17. The number of ether oxygens (including phenoxy) is 1. The van der Waals surface area contributed by atoms with Gasteiger partial charge < -0.3 is 4.74 Å². The van der Waals surface area contributed by atoms with E-state index < -0.39 is 0 Å². The van der Waals surface area contributed by atoms with E-state index in [0.717, 1.165) is 25.0 Å². The molecule has 0 unspecified atom stereocenters. The van der Waals surface area contributed by atoms with Gasteiger partial charge in [0.25, 0.3) is 0 Å². The summed E-state index contributed by atoms with van der Waals surface area (Å²) < 4.78 is 5.11. The molecule has 0 aromatic heterocycles. The molecule has 0 N–H and O–H groups in total. The Morgan fingerprint density at radius 1 is 0.909 bits per heavy atom. The Hall–Kier alpha value is -2.42. The molecule has 0 atom stereocenters. The minimum absolute atomic E-state index is 0.305. The monoisotopic (exact) mass is 296 g/mol. The van der Waals surface area contributed by atoms with E-state index in [1.54, 1.807) is 31.4 Å². The Balaban J connectivity index is 1.74. The molecule has 2 aromatic rings. The number of rotatable bonds is 8. The first-order valence-electron chi connectivity index (χ1n) is 7.46. The molecule has 0 saturated heterocycles. The first-order valence-corrected chi connectivity index (χ1v) is 7.46. The first kappa shape index (κ1) is 16.0. The number of hydrogen-bond donors (Lipinski definition) is 0. The van der Waals surface area contributed by atoms with Gasteiger partial charge in [-0.2, -0.15) is 0 Å². The Bertz CT molecular complexity index is 615. The number of aryl methyl sites for hydroxylation is 1. The average Bonchev–Trinajstić information content (AvgIpc) is 2.59. The summed E-state index contributed by atoms with van der Waals surface area (Å²) in [5.74, 6) is 0.151. The highest BCUT2D eigenvalue weighted by atomic mass is 16.5. The SMILES string of the molecule is COc1ccc(CCCCC(=O)C(=O)c2ccccc2)cc1. The van der Waals surface area contributed by atoms with Crippen LogP contribution in [0.4, 0.5) is 0 Å². The summed E-state index contributed by atoms with van der Waals surface area (Å²) in [4.78, 5) is 23.8. The molecule has 0 bridgehead atoms. The van der Waals surface area contributed by atoms with Crippen LogP contribution in [0, 0.1) is 0 Å². The van der Waals surface area contributed by atoms with Crippen LogP contribution in [-0.2, 0) is 11.2 Å². The molecule has 0 aliphatic rings. The lowest BCUT2D eigenvalue weighted by atomic mass is 10.0. The standard InChI is InChI=1S/C19H20O3/c1-22-17-13-11-15(12-14-17)7-5-6-10-18(20)19(21)16-8-3-2-4-9-16/h2-4,8-9,11-14H,5-7,10H2,1H3. The van der Waals surface area contributed by atoms with Crippen molar-refractivity contribution in [2.24, 2.45) is 0 Å². The first-order chi connectivity index (χ1) is 10.7. The van der Waals surface area contributed by atoms with Crippen molar-refractivity contribution in [3.63, 3.8) is 0 Å². The topological polar surface area (TPSA) is 43.4 Å². The van der Waals surface area contributed by atoms with Gasteiger partial charge in [0.15, 0.2) is 0 Å². The van der Waals surface area contributed by atoms with Gasteiger partial charge in [0, 0.05) is 12.0 Å². The van der Waals surface area contributed by atoms with Crippen LogP contribution in [0.5, 0.6) is 5.75 Å². The van der Waals surface area contributed by atoms with Gasteiger partial charge in [0.05, 0.1) is 7.11 Å². The van der Waals surface area contributed by atoms with E-state index in [2.05, 4.69) is 0 Å². The Morgan fingerprint density at radius 2 is 1.59 bits per heavy atom. The maximum absolute atomic E-state index is 11.9. The largest absolute Gasteiger partial charge is 0.497 e. The zero-order chi connectivity index (χ0) is 15.8. The van der Waals surface area contributed by atoms with Gasteiger partial charge in [-0.25, -0.2) is 0 Å². The van der Waals surface area contributed by atoms with Gasteiger partial charge in [0.2, 0.25) is 11.6 Å². The Morgan fingerprint density at radius 3 is 2.23 bits per heavy atom. The summed E-state index contributed by atoms with van der Waals surface area (Å²) in [6.07, 6.45) is 2.82. The number of carbonyl (C=O) groups is 2. The predicted octanol–water partition coefficient (Wildman–Crippen LogP) is 3.86. The van der Waals surface area contributed by atoms with Gasteiger partial charge in [0.1, 0.15) is 5.75 Å². The zero-order valence-corrected chi connectivity index (χ0v) is 12.7. The molecule has 2 rings (SSSR count). The molecule has 0 aliphatic heterocycles. The lowest BCUT2D eigenvalue weighted by Crippen LogP contribution is -2.13. The molecule has 3 heteroatoms. The van der Waals surface area contributed by atoms with E-state index in [0.29, 0.717) is 12.0 Å². The fourth-order valence-electron chi connectivity index (χ4n) is 2.27. The number of carbonyl (C=O) groups excluding carboxylic acids is 2. The number of Topliss-reactive ketones (excluding diaryl/α,β-unsaturated/α-hetero) is 2. The minimum atomic E-state index is -0.384. The zero-order valence-electron chi connectivity index (χ0n) is 12.7. The fraction of sp³-hybridized carbons (Fsp3) is 0.263. The van der Waals surface area contributed by atoms with Crippen molar-refractivity contribution in [3.8, 4) is 5.75 Å². The highest BCUT2D eigenvalue weighted by Crippen LogP contribution is 2.14. The van der Waals surface area contributed by atoms with E-state index in [4.69, 9.17) is 4.74 Å². The molecular formula is C19H20O3. The van der Waals surface area contributed by atoms with Crippen LogP contribution in [-0.4, -0.2) is 18.7 Å². The molecule has 0 amide bonds. The molecule has 0 spiro atoms. The molecule has 2 aromatic carbocycles. The summed E-state index contributed by atoms with van der Waals surface area (Å²) in [7, 11) is 1.64. The molecular weight excluding hydrogens is 276 g/mol. The van der Waals surface area contributed by atoms with Crippen LogP contribution in [0.25, 0.3) is 0 Å². The number of methoxy groups -OCH3 is 1. The predicted molar refractivity (Wildman–Crippen MR) is 86.3 cm³/mol. The summed E-state index contributed by atoms with van der Waals surface area (Å²) in [6.45, 7) is 0. The summed E-state index contributed by atoms with van der Waals surface area (Å²) in [5, 5.41) is 0. The molecule has 114 valence electrons. The third-order valence-corrected chi connectivity index (χ3v) is 3.57.